The standard InChI is InChI=1S/C13H13N3O2/c17-8-11-3-1-10(2-4-11)5-16-13(18)12-6-14-9-15-7-12/h1-4,6-7,9,17H,5,8H2,(H,16,18). The van der Waals surface area contributed by atoms with Gasteiger partial charge in [-0.1, -0.05) is 24.3 Å². The number of aromatic nitrogens is 2. The number of hydrogen-bond acceptors (Lipinski definition) is 4. The summed E-state index contributed by atoms with van der Waals surface area (Å²) in [6, 6.07) is 7.39. The minimum atomic E-state index is -0.207. The van der Waals surface area contributed by atoms with E-state index in [2.05, 4.69) is 15.3 Å². The molecule has 0 bridgehead atoms. The maximum Gasteiger partial charge on any atom is 0.254 e. The van der Waals surface area contributed by atoms with Gasteiger partial charge in [0.2, 0.25) is 0 Å². The molecular formula is C13H13N3O2. The molecule has 0 unspecified atom stereocenters. The lowest BCUT2D eigenvalue weighted by atomic mass is 10.1. The van der Waals surface area contributed by atoms with Crippen molar-refractivity contribution in [2.45, 2.75) is 13.2 Å². The highest BCUT2D eigenvalue weighted by molar-refractivity contribution is 5.93. The maximum atomic E-state index is 11.7. The Labute approximate surface area is 105 Å². The second-order valence-electron chi connectivity index (χ2n) is 3.78. The summed E-state index contributed by atoms with van der Waals surface area (Å²) >= 11 is 0. The summed E-state index contributed by atoms with van der Waals surface area (Å²) in [4.78, 5) is 19.3. The van der Waals surface area contributed by atoms with Crippen molar-refractivity contribution in [1.29, 1.82) is 0 Å². The number of hydrogen-bond donors (Lipinski definition) is 2. The second-order valence-corrected chi connectivity index (χ2v) is 3.78. The first kappa shape index (κ1) is 12.2. The number of carbonyl (C=O) groups is 1. The summed E-state index contributed by atoms with van der Waals surface area (Å²) in [5.41, 5.74) is 2.25. The molecule has 5 heteroatoms. The topological polar surface area (TPSA) is 75.1 Å². The smallest absolute Gasteiger partial charge is 0.254 e. The number of nitrogens with zero attached hydrogens (tertiary/aromatic N) is 2. The van der Waals surface area contributed by atoms with Gasteiger partial charge < -0.3 is 10.4 Å². The average molecular weight is 243 g/mol. The van der Waals surface area contributed by atoms with Crippen molar-refractivity contribution in [3.05, 3.63) is 59.7 Å². The summed E-state index contributed by atoms with van der Waals surface area (Å²) in [6.07, 6.45) is 4.32. The van der Waals surface area contributed by atoms with Gasteiger partial charge >= 0.3 is 0 Å². The van der Waals surface area contributed by atoms with E-state index in [-0.39, 0.29) is 12.5 Å². The van der Waals surface area contributed by atoms with Crippen LogP contribution in [0.2, 0.25) is 0 Å². The van der Waals surface area contributed by atoms with Crippen LogP contribution >= 0.6 is 0 Å². The lowest BCUT2D eigenvalue weighted by molar-refractivity contribution is 0.0950. The fraction of sp³-hybridized carbons (Fsp3) is 0.154. The minimum Gasteiger partial charge on any atom is -0.392 e. The molecule has 1 aromatic carbocycles. The average Bonchev–Trinajstić information content (AvgIpc) is 2.46. The van der Waals surface area contributed by atoms with Gasteiger partial charge in [-0.15, -0.1) is 0 Å². The summed E-state index contributed by atoms with van der Waals surface area (Å²) in [7, 11) is 0. The molecule has 0 fully saturated rings. The Bertz CT molecular complexity index is 512. The molecule has 2 aromatic rings. The van der Waals surface area contributed by atoms with Gasteiger partial charge in [0.05, 0.1) is 12.2 Å². The molecule has 18 heavy (non-hydrogen) atoms. The highest BCUT2D eigenvalue weighted by Crippen LogP contribution is 2.04. The van der Waals surface area contributed by atoms with Crippen molar-refractivity contribution < 1.29 is 9.90 Å². The third-order valence-electron chi connectivity index (χ3n) is 2.48. The van der Waals surface area contributed by atoms with Crippen LogP contribution < -0.4 is 5.32 Å². The zero-order valence-corrected chi connectivity index (χ0v) is 9.71. The van der Waals surface area contributed by atoms with Crippen LogP contribution in [0.4, 0.5) is 0 Å². The van der Waals surface area contributed by atoms with Crippen molar-refractivity contribution in [2.75, 3.05) is 0 Å². The molecule has 0 aliphatic heterocycles. The molecule has 0 spiro atoms. The Hall–Kier alpha value is -2.27. The van der Waals surface area contributed by atoms with Gasteiger partial charge in [0.1, 0.15) is 6.33 Å². The Balaban J connectivity index is 1.93. The molecule has 0 atom stereocenters. The summed E-state index contributed by atoms with van der Waals surface area (Å²) < 4.78 is 0. The van der Waals surface area contributed by atoms with Crippen LogP contribution in [0, 0.1) is 0 Å². The van der Waals surface area contributed by atoms with Crippen molar-refractivity contribution in [2.24, 2.45) is 0 Å². The number of carbonyl (C=O) groups excluding carboxylic acids is 1. The van der Waals surface area contributed by atoms with Gasteiger partial charge in [-0.25, -0.2) is 9.97 Å². The predicted molar refractivity (Wildman–Crippen MR) is 65.6 cm³/mol. The van der Waals surface area contributed by atoms with E-state index in [9.17, 15) is 4.79 Å². The molecule has 92 valence electrons. The third-order valence-corrected chi connectivity index (χ3v) is 2.48. The zero-order valence-electron chi connectivity index (χ0n) is 9.71. The van der Waals surface area contributed by atoms with Gasteiger partial charge in [-0.3, -0.25) is 4.79 Å². The quantitative estimate of drug-likeness (QED) is 0.836. The van der Waals surface area contributed by atoms with Crippen molar-refractivity contribution in [1.82, 2.24) is 15.3 Å². The minimum absolute atomic E-state index is 0.0218. The van der Waals surface area contributed by atoms with Crippen LogP contribution in [0.25, 0.3) is 0 Å². The first-order valence-corrected chi connectivity index (χ1v) is 5.51. The summed E-state index contributed by atoms with van der Waals surface area (Å²) in [5, 5.41) is 11.7. The molecular weight excluding hydrogens is 230 g/mol. The van der Waals surface area contributed by atoms with Gasteiger partial charge in [0.15, 0.2) is 0 Å². The van der Waals surface area contributed by atoms with Crippen LogP contribution in [-0.2, 0) is 13.2 Å². The van der Waals surface area contributed by atoms with Crippen LogP contribution in [0.5, 0.6) is 0 Å². The zero-order chi connectivity index (χ0) is 12.8. The molecule has 0 saturated heterocycles. The molecule has 0 saturated carbocycles. The Morgan fingerprint density at radius 2 is 1.72 bits per heavy atom. The lowest BCUT2D eigenvalue weighted by Crippen LogP contribution is -2.23. The van der Waals surface area contributed by atoms with Crippen LogP contribution in [0.3, 0.4) is 0 Å². The number of aliphatic hydroxyl groups excluding tert-OH is 1. The predicted octanol–water partition coefficient (Wildman–Crippen LogP) is 0.899. The van der Waals surface area contributed by atoms with Gasteiger partial charge in [-0.2, -0.15) is 0 Å². The molecule has 5 nitrogen and oxygen atoms in total. The van der Waals surface area contributed by atoms with E-state index in [0.29, 0.717) is 12.1 Å². The number of nitrogens with one attached hydrogen (secondary N) is 1. The molecule has 0 radical (unpaired) electrons. The number of amides is 1. The SMILES string of the molecule is O=C(NCc1ccc(CO)cc1)c1cncnc1. The molecule has 2 N–H and O–H groups in total. The van der Waals surface area contributed by atoms with Crippen molar-refractivity contribution >= 4 is 5.91 Å². The largest absolute Gasteiger partial charge is 0.392 e. The highest BCUT2D eigenvalue weighted by Gasteiger charge is 2.04. The van der Waals surface area contributed by atoms with Gasteiger partial charge in [0.25, 0.3) is 5.91 Å². The second kappa shape index (κ2) is 5.88. The number of aliphatic hydroxyl groups is 1. The third kappa shape index (κ3) is 3.11. The summed E-state index contributed by atoms with van der Waals surface area (Å²) in [5.74, 6) is -0.207. The highest BCUT2D eigenvalue weighted by atomic mass is 16.3. The first-order valence-electron chi connectivity index (χ1n) is 5.51. The first-order chi connectivity index (χ1) is 8.79. The van der Waals surface area contributed by atoms with E-state index in [4.69, 9.17) is 5.11 Å². The molecule has 0 aliphatic rings. The van der Waals surface area contributed by atoms with E-state index in [0.717, 1.165) is 11.1 Å². The molecule has 2 rings (SSSR count). The lowest BCUT2D eigenvalue weighted by Gasteiger charge is -2.05. The van der Waals surface area contributed by atoms with Crippen LogP contribution in [-0.4, -0.2) is 21.0 Å². The van der Waals surface area contributed by atoms with E-state index >= 15 is 0 Å². The fourth-order valence-corrected chi connectivity index (χ4v) is 1.46. The van der Waals surface area contributed by atoms with E-state index in [1.165, 1.54) is 18.7 Å². The molecule has 0 aliphatic carbocycles. The molecule has 1 aromatic heterocycles. The van der Waals surface area contributed by atoms with Gasteiger partial charge in [0, 0.05) is 18.9 Å². The van der Waals surface area contributed by atoms with Crippen molar-refractivity contribution in [3.63, 3.8) is 0 Å². The number of rotatable bonds is 4. The Morgan fingerprint density at radius 1 is 1.11 bits per heavy atom. The van der Waals surface area contributed by atoms with Crippen LogP contribution in [0.15, 0.2) is 43.0 Å². The molecule has 1 amide bonds. The normalized spacial score (nSPS) is 10.1. The van der Waals surface area contributed by atoms with Crippen molar-refractivity contribution in [3.8, 4) is 0 Å². The van der Waals surface area contributed by atoms with E-state index in [1.54, 1.807) is 0 Å². The monoisotopic (exact) mass is 243 g/mol. The summed E-state index contributed by atoms with van der Waals surface area (Å²) in [6.45, 7) is 0.452. The Morgan fingerprint density at radius 3 is 2.33 bits per heavy atom. The fourth-order valence-electron chi connectivity index (χ4n) is 1.46. The van der Waals surface area contributed by atoms with Gasteiger partial charge in [-0.05, 0) is 11.1 Å². The Kier molecular flexibility index (Phi) is 3.98. The van der Waals surface area contributed by atoms with E-state index < -0.39 is 0 Å². The maximum absolute atomic E-state index is 11.7. The van der Waals surface area contributed by atoms with E-state index in [1.807, 2.05) is 24.3 Å². The van der Waals surface area contributed by atoms with Crippen LogP contribution in [0.1, 0.15) is 21.5 Å². The number of benzene rings is 1. The molecule has 1 heterocycles.